The largest absolute Gasteiger partial charge is 0.327 e. The topological polar surface area (TPSA) is 26.0 Å². The molecular weight excluding hydrogens is 189 g/mol. The van der Waals surface area contributed by atoms with Gasteiger partial charge in [0.25, 0.3) is 0 Å². The number of halogens is 2. The molecule has 0 aliphatic rings. The lowest BCUT2D eigenvalue weighted by Gasteiger charge is -2.00. The Bertz CT molecular complexity index is 334. The third-order valence-electron chi connectivity index (χ3n) is 1.71. The smallest absolute Gasteiger partial charge is 0.142 e. The fourth-order valence-corrected chi connectivity index (χ4v) is 1.14. The van der Waals surface area contributed by atoms with Gasteiger partial charge in [-0.25, -0.2) is 4.39 Å². The van der Waals surface area contributed by atoms with Crippen LogP contribution in [-0.4, -0.2) is 6.54 Å². The first-order chi connectivity index (χ1) is 6.15. The third kappa shape index (κ3) is 2.54. The zero-order chi connectivity index (χ0) is 9.84. The van der Waals surface area contributed by atoms with E-state index in [0.29, 0.717) is 12.1 Å². The first-order valence-electron chi connectivity index (χ1n) is 3.96. The van der Waals surface area contributed by atoms with Crippen molar-refractivity contribution < 1.29 is 4.39 Å². The van der Waals surface area contributed by atoms with E-state index in [-0.39, 0.29) is 5.02 Å². The molecule has 0 bridgehead atoms. The summed E-state index contributed by atoms with van der Waals surface area (Å²) in [5.41, 5.74) is 7.04. The highest BCUT2D eigenvalue weighted by molar-refractivity contribution is 6.32. The SMILES string of the molecule is C/C(=C/c1cccc(F)c1Cl)CN. The quantitative estimate of drug-likeness (QED) is 0.779. The normalized spacial score (nSPS) is 11.8. The van der Waals surface area contributed by atoms with Crippen LogP contribution in [0.2, 0.25) is 5.02 Å². The van der Waals surface area contributed by atoms with Gasteiger partial charge in [-0.1, -0.05) is 35.4 Å². The minimum atomic E-state index is -0.403. The maximum atomic E-state index is 12.9. The second kappa shape index (κ2) is 4.40. The van der Waals surface area contributed by atoms with Crippen molar-refractivity contribution in [1.82, 2.24) is 0 Å². The van der Waals surface area contributed by atoms with Crippen molar-refractivity contribution in [3.05, 3.63) is 40.2 Å². The maximum Gasteiger partial charge on any atom is 0.142 e. The predicted octanol–water partition coefficient (Wildman–Crippen LogP) is 2.84. The Kier molecular flexibility index (Phi) is 3.46. The number of nitrogens with two attached hydrogens (primary N) is 1. The second-order valence-corrected chi connectivity index (χ2v) is 3.22. The molecule has 2 N–H and O–H groups in total. The third-order valence-corrected chi connectivity index (χ3v) is 2.10. The molecular formula is C10H11ClFN. The van der Waals surface area contributed by atoms with Crippen LogP contribution in [0, 0.1) is 5.82 Å². The van der Waals surface area contributed by atoms with Gasteiger partial charge in [-0.2, -0.15) is 0 Å². The van der Waals surface area contributed by atoms with Crippen LogP contribution in [0.3, 0.4) is 0 Å². The molecule has 1 aromatic carbocycles. The van der Waals surface area contributed by atoms with Crippen molar-refractivity contribution in [1.29, 1.82) is 0 Å². The molecule has 13 heavy (non-hydrogen) atoms. The van der Waals surface area contributed by atoms with E-state index in [0.717, 1.165) is 5.57 Å². The molecule has 0 saturated carbocycles. The van der Waals surface area contributed by atoms with E-state index in [2.05, 4.69) is 0 Å². The lowest BCUT2D eigenvalue weighted by atomic mass is 10.1. The van der Waals surface area contributed by atoms with Gasteiger partial charge < -0.3 is 5.73 Å². The van der Waals surface area contributed by atoms with Crippen LogP contribution in [0.1, 0.15) is 12.5 Å². The van der Waals surface area contributed by atoms with E-state index >= 15 is 0 Å². The lowest BCUT2D eigenvalue weighted by Crippen LogP contribution is -1.99. The monoisotopic (exact) mass is 199 g/mol. The molecule has 0 aromatic heterocycles. The van der Waals surface area contributed by atoms with Crippen LogP contribution in [0.15, 0.2) is 23.8 Å². The van der Waals surface area contributed by atoms with Crippen LogP contribution in [0.5, 0.6) is 0 Å². The molecule has 0 heterocycles. The van der Waals surface area contributed by atoms with Crippen LogP contribution < -0.4 is 5.73 Å². The Morgan fingerprint density at radius 1 is 1.62 bits per heavy atom. The van der Waals surface area contributed by atoms with E-state index in [4.69, 9.17) is 17.3 Å². The molecule has 0 spiro atoms. The molecule has 0 aliphatic heterocycles. The van der Waals surface area contributed by atoms with Crippen molar-refractivity contribution in [2.75, 3.05) is 6.54 Å². The molecule has 1 nitrogen and oxygen atoms in total. The summed E-state index contributed by atoms with van der Waals surface area (Å²) in [5.74, 6) is -0.403. The molecule has 0 aliphatic carbocycles. The zero-order valence-corrected chi connectivity index (χ0v) is 8.11. The molecule has 1 rings (SSSR count). The Labute approximate surface area is 82.0 Å². The van der Waals surface area contributed by atoms with E-state index in [1.807, 2.05) is 6.92 Å². The van der Waals surface area contributed by atoms with Gasteiger partial charge in [0.2, 0.25) is 0 Å². The van der Waals surface area contributed by atoms with Gasteiger partial charge in [0, 0.05) is 6.54 Å². The Morgan fingerprint density at radius 2 is 2.31 bits per heavy atom. The van der Waals surface area contributed by atoms with E-state index in [1.165, 1.54) is 6.07 Å². The zero-order valence-electron chi connectivity index (χ0n) is 7.35. The predicted molar refractivity (Wildman–Crippen MR) is 54.1 cm³/mol. The summed E-state index contributed by atoms with van der Waals surface area (Å²) in [6.45, 7) is 2.33. The summed E-state index contributed by atoms with van der Waals surface area (Å²) in [6, 6.07) is 4.71. The number of rotatable bonds is 2. The fourth-order valence-electron chi connectivity index (χ4n) is 0.956. The van der Waals surface area contributed by atoms with E-state index in [1.54, 1.807) is 18.2 Å². The molecule has 0 radical (unpaired) electrons. The van der Waals surface area contributed by atoms with Crippen LogP contribution in [0.25, 0.3) is 6.08 Å². The molecule has 0 atom stereocenters. The standard InChI is InChI=1S/C10H11ClFN/c1-7(6-13)5-8-3-2-4-9(12)10(8)11/h2-5H,6,13H2,1H3/b7-5-. The van der Waals surface area contributed by atoms with Crippen LogP contribution >= 0.6 is 11.6 Å². The molecule has 0 saturated heterocycles. The van der Waals surface area contributed by atoms with Crippen LogP contribution in [-0.2, 0) is 0 Å². The van der Waals surface area contributed by atoms with E-state index < -0.39 is 5.82 Å². The first kappa shape index (κ1) is 10.2. The number of hydrogen-bond acceptors (Lipinski definition) is 1. The van der Waals surface area contributed by atoms with Gasteiger partial charge >= 0.3 is 0 Å². The highest BCUT2D eigenvalue weighted by atomic mass is 35.5. The van der Waals surface area contributed by atoms with Crippen molar-refractivity contribution in [2.45, 2.75) is 6.92 Å². The number of hydrogen-bond donors (Lipinski definition) is 1. The van der Waals surface area contributed by atoms with E-state index in [9.17, 15) is 4.39 Å². The van der Waals surface area contributed by atoms with Gasteiger partial charge in [-0.3, -0.25) is 0 Å². The molecule has 0 amide bonds. The van der Waals surface area contributed by atoms with Gasteiger partial charge in [-0.15, -0.1) is 0 Å². The summed E-state index contributed by atoms with van der Waals surface area (Å²) < 4.78 is 12.9. The Morgan fingerprint density at radius 3 is 2.92 bits per heavy atom. The maximum absolute atomic E-state index is 12.9. The first-order valence-corrected chi connectivity index (χ1v) is 4.34. The molecule has 0 fully saturated rings. The van der Waals surface area contributed by atoms with Crippen molar-refractivity contribution in [3.63, 3.8) is 0 Å². The number of benzene rings is 1. The second-order valence-electron chi connectivity index (χ2n) is 2.84. The lowest BCUT2D eigenvalue weighted by molar-refractivity contribution is 0.628. The minimum absolute atomic E-state index is 0.148. The average molecular weight is 200 g/mol. The van der Waals surface area contributed by atoms with Gasteiger partial charge in [0.1, 0.15) is 5.82 Å². The molecule has 0 unspecified atom stereocenters. The van der Waals surface area contributed by atoms with Crippen molar-refractivity contribution in [3.8, 4) is 0 Å². The van der Waals surface area contributed by atoms with Crippen molar-refractivity contribution >= 4 is 17.7 Å². The summed E-state index contributed by atoms with van der Waals surface area (Å²) in [7, 11) is 0. The summed E-state index contributed by atoms with van der Waals surface area (Å²) in [4.78, 5) is 0. The summed E-state index contributed by atoms with van der Waals surface area (Å²) in [5, 5.41) is 0.148. The van der Waals surface area contributed by atoms with Crippen molar-refractivity contribution in [2.24, 2.45) is 5.73 Å². The highest BCUT2D eigenvalue weighted by Gasteiger charge is 2.02. The van der Waals surface area contributed by atoms with Crippen LogP contribution in [0.4, 0.5) is 4.39 Å². The summed E-state index contributed by atoms with van der Waals surface area (Å²) >= 11 is 5.73. The molecule has 3 heteroatoms. The molecule has 70 valence electrons. The molecule has 1 aromatic rings. The van der Waals surface area contributed by atoms with Gasteiger partial charge in [-0.05, 0) is 18.6 Å². The summed E-state index contributed by atoms with van der Waals surface area (Å²) in [6.07, 6.45) is 1.78. The van der Waals surface area contributed by atoms with Gasteiger partial charge in [0.15, 0.2) is 0 Å². The minimum Gasteiger partial charge on any atom is -0.327 e. The Balaban J connectivity index is 3.09. The highest BCUT2D eigenvalue weighted by Crippen LogP contribution is 2.21. The fraction of sp³-hybridized carbons (Fsp3) is 0.200. The average Bonchev–Trinajstić information content (AvgIpc) is 2.13. The van der Waals surface area contributed by atoms with Gasteiger partial charge in [0.05, 0.1) is 5.02 Å². The Hall–Kier alpha value is -0.860.